The van der Waals surface area contributed by atoms with Crippen LogP contribution >= 0.6 is 11.6 Å². The van der Waals surface area contributed by atoms with E-state index in [4.69, 9.17) is 11.6 Å². The Kier molecular flexibility index (Phi) is 8.68. The summed E-state index contributed by atoms with van der Waals surface area (Å²) in [6.07, 6.45) is 12.6. The van der Waals surface area contributed by atoms with Gasteiger partial charge in [-0.05, 0) is 52.5 Å². The minimum Gasteiger partial charge on any atom is -0.710 e. The number of aromatic nitrogens is 1. The van der Waals surface area contributed by atoms with Gasteiger partial charge in [-0.15, -0.1) is 0 Å². The Labute approximate surface area is 139 Å². The number of halogens is 1. The van der Waals surface area contributed by atoms with Crippen molar-refractivity contribution in [3.05, 3.63) is 52.4 Å². The lowest BCUT2D eigenvalue weighted by atomic mass is 10.2. The molecule has 0 N–H and O–H groups in total. The van der Waals surface area contributed by atoms with Crippen molar-refractivity contribution >= 4 is 17.4 Å². The van der Waals surface area contributed by atoms with Gasteiger partial charge in [0.2, 0.25) is 0 Å². The normalized spacial score (nSPS) is 11.6. The first-order chi connectivity index (χ1) is 10.6. The van der Waals surface area contributed by atoms with Gasteiger partial charge in [-0.1, -0.05) is 35.9 Å². The van der Waals surface area contributed by atoms with Gasteiger partial charge in [0, 0.05) is 6.07 Å². The van der Waals surface area contributed by atoms with Crippen LogP contribution < -0.4 is 9.63 Å². The Morgan fingerprint density at radius 3 is 2.14 bits per heavy atom. The van der Waals surface area contributed by atoms with E-state index in [0.717, 1.165) is 43.5 Å². The van der Waals surface area contributed by atoms with Crippen LogP contribution in [-0.2, 0) is 0 Å². The monoisotopic (exact) mass is 322 g/mol. The van der Waals surface area contributed by atoms with Crippen molar-refractivity contribution in [1.82, 2.24) is 0 Å². The van der Waals surface area contributed by atoms with E-state index >= 15 is 0 Å². The molecule has 0 bridgehead atoms. The van der Waals surface area contributed by atoms with Crippen LogP contribution in [0.25, 0.3) is 0 Å². The molecule has 0 saturated carbocycles. The molecular weight excluding hydrogens is 296 g/mol. The second-order valence-electron chi connectivity index (χ2n) is 5.38. The number of nitrogens with zero attached hydrogens (tertiary/aromatic N) is 2. The van der Waals surface area contributed by atoms with E-state index in [9.17, 15) is 5.21 Å². The largest absolute Gasteiger partial charge is 0.710 e. The molecule has 0 aliphatic carbocycles. The molecule has 122 valence electrons. The van der Waals surface area contributed by atoms with Gasteiger partial charge in [-0.3, -0.25) is 4.90 Å². The summed E-state index contributed by atoms with van der Waals surface area (Å²) in [5.41, 5.74) is 0.634. The lowest BCUT2D eigenvalue weighted by Gasteiger charge is -2.22. The summed E-state index contributed by atoms with van der Waals surface area (Å²) in [5.74, 6) is 0.658. The molecule has 0 unspecified atom stereocenters. The van der Waals surface area contributed by atoms with Crippen LogP contribution in [0.4, 0.5) is 5.82 Å². The van der Waals surface area contributed by atoms with Crippen LogP contribution in [0.5, 0.6) is 0 Å². The van der Waals surface area contributed by atoms with Crippen LogP contribution in [0.3, 0.4) is 0 Å². The summed E-state index contributed by atoms with van der Waals surface area (Å²) in [4.78, 5) is 2.15. The molecule has 4 heteroatoms. The minimum atomic E-state index is 0.617. The molecule has 3 nitrogen and oxygen atoms in total. The highest BCUT2D eigenvalue weighted by Gasteiger charge is 2.18. The van der Waals surface area contributed by atoms with Gasteiger partial charge in [0.05, 0.1) is 18.1 Å². The Bertz CT molecular complexity index is 494. The Balaban J connectivity index is 2.83. The molecule has 0 saturated heterocycles. The summed E-state index contributed by atoms with van der Waals surface area (Å²) < 4.78 is 0.983. The van der Waals surface area contributed by atoms with Crippen LogP contribution in [-0.4, -0.2) is 13.1 Å². The summed E-state index contributed by atoms with van der Waals surface area (Å²) in [5, 5.41) is 12.9. The molecule has 0 amide bonds. The van der Waals surface area contributed by atoms with Crippen LogP contribution in [0.15, 0.2) is 36.4 Å². The third-order valence-corrected chi connectivity index (χ3v) is 3.75. The van der Waals surface area contributed by atoms with Gasteiger partial charge >= 0.3 is 0 Å². The topological polar surface area (TPSA) is 30.2 Å². The molecule has 0 atom stereocenters. The average molecular weight is 323 g/mol. The summed E-state index contributed by atoms with van der Waals surface area (Å²) in [6.45, 7) is 7.58. The van der Waals surface area contributed by atoms with Crippen LogP contribution in [0.1, 0.15) is 45.2 Å². The highest BCUT2D eigenvalue weighted by molar-refractivity contribution is 6.30. The SMILES string of the molecule is CC=CCCCN(CCCC=CC)c1cc(Cl)cc(C)[n+]1[O-]. The maximum atomic E-state index is 12.3. The van der Waals surface area contributed by atoms with Gasteiger partial charge < -0.3 is 5.21 Å². The molecule has 0 fully saturated rings. The molecule has 0 aromatic carbocycles. The van der Waals surface area contributed by atoms with Gasteiger partial charge in [0.1, 0.15) is 5.69 Å². The smallest absolute Gasteiger partial charge is 0.281 e. The second kappa shape index (κ2) is 10.3. The minimum absolute atomic E-state index is 0.617. The number of rotatable bonds is 9. The average Bonchev–Trinajstić information content (AvgIpc) is 2.49. The van der Waals surface area contributed by atoms with Crippen molar-refractivity contribution in [2.45, 2.75) is 46.5 Å². The summed E-state index contributed by atoms with van der Waals surface area (Å²) in [7, 11) is 0. The number of pyridine rings is 1. The van der Waals surface area contributed by atoms with Crippen molar-refractivity contribution in [3.63, 3.8) is 0 Å². The molecule has 1 heterocycles. The van der Waals surface area contributed by atoms with Gasteiger partial charge in [-0.25, -0.2) is 4.73 Å². The van der Waals surface area contributed by atoms with E-state index in [0.29, 0.717) is 16.5 Å². The quantitative estimate of drug-likeness (QED) is 0.283. The van der Waals surface area contributed by atoms with Crippen molar-refractivity contribution in [2.75, 3.05) is 18.0 Å². The van der Waals surface area contributed by atoms with E-state index in [1.165, 1.54) is 0 Å². The third kappa shape index (κ3) is 6.10. The fourth-order valence-electron chi connectivity index (χ4n) is 2.36. The van der Waals surface area contributed by atoms with E-state index in [1.54, 1.807) is 19.1 Å². The van der Waals surface area contributed by atoms with Crippen LogP contribution in [0.2, 0.25) is 5.02 Å². The number of anilines is 1. The fourth-order valence-corrected chi connectivity index (χ4v) is 2.61. The fraction of sp³-hybridized carbons (Fsp3) is 0.500. The molecule has 1 aromatic heterocycles. The molecule has 0 radical (unpaired) electrons. The molecule has 0 aliphatic rings. The number of hydrogen-bond donors (Lipinski definition) is 0. The third-order valence-electron chi connectivity index (χ3n) is 3.54. The number of aryl methyl sites for hydroxylation is 1. The Morgan fingerprint density at radius 2 is 1.64 bits per heavy atom. The summed E-state index contributed by atoms with van der Waals surface area (Å²) in [6, 6.07) is 3.47. The zero-order valence-corrected chi connectivity index (χ0v) is 14.6. The second-order valence-corrected chi connectivity index (χ2v) is 5.81. The molecule has 22 heavy (non-hydrogen) atoms. The predicted octanol–water partition coefficient (Wildman–Crippen LogP) is 4.80. The van der Waals surface area contributed by atoms with Crippen molar-refractivity contribution in [1.29, 1.82) is 0 Å². The zero-order valence-electron chi connectivity index (χ0n) is 13.9. The zero-order chi connectivity index (χ0) is 16.4. The number of hydrogen-bond acceptors (Lipinski definition) is 2. The van der Waals surface area contributed by atoms with Gasteiger partial charge in [-0.2, -0.15) is 0 Å². The molecule has 1 rings (SSSR count). The highest BCUT2D eigenvalue weighted by atomic mass is 35.5. The maximum absolute atomic E-state index is 12.3. The Morgan fingerprint density at radius 1 is 1.09 bits per heavy atom. The van der Waals surface area contributed by atoms with Crippen LogP contribution in [0, 0.1) is 12.1 Å². The molecule has 1 aromatic rings. The first-order valence-electron chi connectivity index (χ1n) is 7.97. The van der Waals surface area contributed by atoms with E-state index in [2.05, 4.69) is 29.2 Å². The first kappa shape index (κ1) is 18.6. The van der Waals surface area contributed by atoms with E-state index < -0.39 is 0 Å². The molecular formula is C18H27ClN2O. The lowest BCUT2D eigenvalue weighted by Crippen LogP contribution is -2.41. The molecule has 0 aliphatic heterocycles. The van der Waals surface area contributed by atoms with Crippen molar-refractivity contribution < 1.29 is 4.73 Å². The Hall–Kier alpha value is -1.48. The number of allylic oxidation sites excluding steroid dienone is 4. The van der Waals surface area contributed by atoms with E-state index in [-0.39, 0.29) is 0 Å². The van der Waals surface area contributed by atoms with E-state index in [1.807, 2.05) is 13.8 Å². The maximum Gasteiger partial charge on any atom is 0.281 e. The van der Waals surface area contributed by atoms with Crippen molar-refractivity contribution in [2.24, 2.45) is 0 Å². The first-order valence-corrected chi connectivity index (χ1v) is 8.35. The lowest BCUT2D eigenvalue weighted by molar-refractivity contribution is -0.599. The van der Waals surface area contributed by atoms with Gasteiger partial charge in [0.25, 0.3) is 5.82 Å². The predicted molar refractivity (Wildman–Crippen MR) is 95.5 cm³/mol. The van der Waals surface area contributed by atoms with Crippen molar-refractivity contribution in [3.8, 4) is 0 Å². The molecule has 0 spiro atoms. The standard InChI is InChI=1S/C18H27ClN2O/c1-4-6-8-10-12-20(13-11-9-7-5-2)18-15-17(19)14-16(3)21(18)22/h4-7,14-15H,8-13H2,1-3H3. The highest BCUT2D eigenvalue weighted by Crippen LogP contribution is 2.18. The summed E-state index contributed by atoms with van der Waals surface area (Å²) >= 11 is 6.13. The number of unbranched alkanes of at least 4 members (excludes halogenated alkanes) is 2. The van der Waals surface area contributed by atoms with Gasteiger partial charge in [0.15, 0.2) is 0 Å².